The lowest BCUT2D eigenvalue weighted by molar-refractivity contribution is -0.123. The maximum atomic E-state index is 12.5. The molecule has 0 saturated heterocycles. The molecule has 0 bridgehead atoms. The van der Waals surface area contributed by atoms with Crippen molar-refractivity contribution in [3.05, 3.63) is 48.6 Å². The van der Waals surface area contributed by atoms with Crippen LogP contribution < -0.4 is 5.32 Å². The highest BCUT2D eigenvalue weighted by Crippen LogP contribution is 2.18. The Balaban J connectivity index is 3.42. The number of aliphatic hydroxyl groups is 2. The molecular formula is C65H123NO3. The zero-order valence-electron chi connectivity index (χ0n) is 46.8. The fourth-order valence-electron chi connectivity index (χ4n) is 9.74. The van der Waals surface area contributed by atoms with Gasteiger partial charge in [-0.1, -0.05) is 313 Å². The molecule has 0 aliphatic heterocycles. The van der Waals surface area contributed by atoms with Crippen LogP contribution in [-0.2, 0) is 4.79 Å². The maximum Gasteiger partial charge on any atom is 0.220 e. The Labute approximate surface area is 433 Å². The molecule has 69 heavy (non-hydrogen) atoms. The highest BCUT2D eigenvalue weighted by atomic mass is 16.3. The summed E-state index contributed by atoms with van der Waals surface area (Å²) in [5, 5.41) is 23.1. The molecule has 0 fully saturated rings. The van der Waals surface area contributed by atoms with Crippen LogP contribution in [0.15, 0.2) is 48.6 Å². The zero-order chi connectivity index (χ0) is 49.9. The predicted octanol–water partition coefficient (Wildman–Crippen LogP) is 21.0. The smallest absolute Gasteiger partial charge is 0.220 e. The summed E-state index contributed by atoms with van der Waals surface area (Å²) in [6.07, 6.45) is 84.6. The van der Waals surface area contributed by atoms with Crippen LogP contribution in [0.1, 0.15) is 341 Å². The van der Waals surface area contributed by atoms with Crippen molar-refractivity contribution in [2.45, 2.75) is 353 Å². The van der Waals surface area contributed by atoms with Gasteiger partial charge in [0.1, 0.15) is 0 Å². The Hall–Kier alpha value is -1.65. The second-order valence-electron chi connectivity index (χ2n) is 21.5. The molecule has 0 aromatic rings. The predicted molar refractivity (Wildman–Crippen MR) is 308 cm³/mol. The van der Waals surface area contributed by atoms with Gasteiger partial charge in [-0.25, -0.2) is 0 Å². The van der Waals surface area contributed by atoms with Gasteiger partial charge in [0, 0.05) is 6.42 Å². The van der Waals surface area contributed by atoms with Crippen molar-refractivity contribution in [1.82, 2.24) is 5.32 Å². The monoisotopic (exact) mass is 966 g/mol. The first-order valence-corrected chi connectivity index (χ1v) is 31.4. The molecule has 4 nitrogen and oxygen atoms in total. The summed E-state index contributed by atoms with van der Waals surface area (Å²) in [5.74, 6) is -0.0725. The molecule has 0 aliphatic carbocycles. The number of amides is 1. The molecule has 1 amide bonds. The molecule has 4 heteroatoms. The van der Waals surface area contributed by atoms with E-state index in [-0.39, 0.29) is 12.5 Å². The third-order valence-electron chi connectivity index (χ3n) is 14.5. The summed E-state index contributed by atoms with van der Waals surface area (Å²) in [6, 6.07) is -0.645. The molecule has 0 aromatic heterocycles. The number of hydrogen-bond donors (Lipinski definition) is 3. The van der Waals surface area contributed by atoms with Crippen LogP contribution in [0.4, 0.5) is 0 Å². The molecule has 0 aliphatic rings. The van der Waals surface area contributed by atoms with Crippen LogP contribution in [0.25, 0.3) is 0 Å². The van der Waals surface area contributed by atoms with E-state index in [4.69, 9.17) is 0 Å². The highest BCUT2D eigenvalue weighted by molar-refractivity contribution is 5.76. The number of rotatable bonds is 58. The van der Waals surface area contributed by atoms with E-state index in [0.29, 0.717) is 6.42 Å². The number of allylic oxidation sites excluding steroid dienone is 7. The first kappa shape index (κ1) is 67.3. The third kappa shape index (κ3) is 57.1. The summed E-state index contributed by atoms with van der Waals surface area (Å²) in [4.78, 5) is 12.5. The summed E-state index contributed by atoms with van der Waals surface area (Å²) in [6.45, 7) is 4.31. The van der Waals surface area contributed by atoms with Crippen molar-refractivity contribution in [3.8, 4) is 0 Å². The lowest BCUT2D eigenvalue weighted by Gasteiger charge is -2.19. The van der Waals surface area contributed by atoms with Crippen molar-refractivity contribution < 1.29 is 15.0 Å². The van der Waals surface area contributed by atoms with Gasteiger partial charge in [-0.05, 0) is 70.6 Å². The van der Waals surface area contributed by atoms with Crippen LogP contribution in [0.2, 0.25) is 0 Å². The molecule has 0 heterocycles. The van der Waals surface area contributed by atoms with Crippen molar-refractivity contribution in [1.29, 1.82) is 0 Å². The minimum Gasteiger partial charge on any atom is -0.394 e. The number of carbonyl (C=O) groups excluding carboxylic acids is 1. The van der Waals surface area contributed by atoms with Crippen LogP contribution in [0, 0.1) is 0 Å². The normalized spacial score (nSPS) is 13.0. The highest BCUT2D eigenvalue weighted by Gasteiger charge is 2.18. The molecule has 406 valence electrons. The Morgan fingerprint density at radius 1 is 0.333 bits per heavy atom. The average molecular weight is 967 g/mol. The van der Waals surface area contributed by atoms with Crippen LogP contribution >= 0.6 is 0 Å². The van der Waals surface area contributed by atoms with E-state index in [9.17, 15) is 15.0 Å². The molecule has 0 rings (SSSR count). The topological polar surface area (TPSA) is 69.6 Å². The molecule has 0 saturated carbocycles. The molecule has 0 spiro atoms. The van der Waals surface area contributed by atoms with Gasteiger partial charge in [-0.2, -0.15) is 0 Å². The van der Waals surface area contributed by atoms with Gasteiger partial charge in [-0.3, -0.25) is 4.79 Å². The molecular weight excluding hydrogens is 843 g/mol. The standard InChI is InChI=1S/C65H123NO3/c1-3-5-7-9-11-13-15-17-19-21-23-24-25-26-27-28-29-30-31-32-33-34-35-36-37-38-39-40-41-42-43-45-47-49-51-53-55-57-59-61-65(69)66-63(62-67)64(68)60-58-56-54-52-50-48-46-44-22-20-18-16-14-12-10-8-6-4-2/h21-23,44,50,52,58,60,63-64,67-68H,3-20,24-43,45-49,51,53-57,59,61-62H2,1-2H3,(H,66,69)/b23-21-,44-22+,52-50+,60-58+. The molecule has 0 aromatic carbocycles. The Kier molecular flexibility index (Phi) is 59.2. The van der Waals surface area contributed by atoms with Crippen LogP contribution in [0.5, 0.6) is 0 Å². The van der Waals surface area contributed by atoms with E-state index < -0.39 is 12.1 Å². The minimum atomic E-state index is -0.870. The zero-order valence-corrected chi connectivity index (χ0v) is 46.8. The lowest BCUT2D eigenvalue weighted by Crippen LogP contribution is -2.45. The van der Waals surface area contributed by atoms with Crippen molar-refractivity contribution in [3.63, 3.8) is 0 Å². The molecule has 2 unspecified atom stereocenters. The van der Waals surface area contributed by atoms with Gasteiger partial charge in [0.2, 0.25) is 5.91 Å². The summed E-state index contributed by atoms with van der Waals surface area (Å²) in [7, 11) is 0. The van der Waals surface area contributed by atoms with Crippen LogP contribution in [-0.4, -0.2) is 34.9 Å². The first-order valence-electron chi connectivity index (χ1n) is 31.4. The van der Waals surface area contributed by atoms with Crippen molar-refractivity contribution in [2.75, 3.05) is 6.61 Å². The fraction of sp³-hybridized carbons (Fsp3) is 0.862. The summed E-state index contributed by atoms with van der Waals surface area (Å²) < 4.78 is 0. The van der Waals surface area contributed by atoms with E-state index in [0.717, 1.165) is 38.5 Å². The lowest BCUT2D eigenvalue weighted by atomic mass is 10.0. The quantitative estimate of drug-likeness (QED) is 0.0420. The third-order valence-corrected chi connectivity index (χ3v) is 14.5. The molecule has 3 N–H and O–H groups in total. The van der Waals surface area contributed by atoms with Gasteiger partial charge in [0.25, 0.3) is 0 Å². The Bertz CT molecular complexity index is 1090. The van der Waals surface area contributed by atoms with E-state index in [2.05, 4.69) is 55.6 Å². The average Bonchev–Trinajstić information content (AvgIpc) is 3.35. The van der Waals surface area contributed by atoms with Gasteiger partial charge >= 0.3 is 0 Å². The van der Waals surface area contributed by atoms with E-state index in [1.165, 1.54) is 283 Å². The molecule has 0 radical (unpaired) electrons. The fourth-order valence-corrected chi connectivity index (χ4v) is 9.74. The van der Waals surface area contributed by atoms with Gasteiger partial charge in [-0.15, -0.1) is 0 Å². The summed E-state index contributed by atoms with van der Waals surface area (Å²) >= 11 is 0. The SMILES string of the molecule is CCCCCCCCCC/C=C\CCCCCCCCCCCCCCCCCCCCCCCCCCCCCC(=O)NC(CO)C(O)/C=C/CC/C=C/CC/C=C/CCCCCCCCCC. The van der Waals surface area contributed by atoms with E-state index in [1.807, 2.05) is 6.08 Å². The Morgan fingerprint density at radius 2 is 0.565 bits per heavy atom. The van der Waals surface area contributed by atoms with Gasteiger partial charge in [0.15, 0.2) is 0 Å². The number of aliphatic hydroxyl groups excluding tert-OH is 2. The van der Waals surface area contributed by atoms with Crippen molar-refractivity contribution in [2.24, 2.45) is 0 Å². The van der Waals surface area contributed by atoms with E-state index in [1.54, 1.807) is 6.08 Å². The van der Waals surface area contributed by atoms with Crippen LogP contribution in [0.3, 0.4) is 0 Å². The van der Waals surface area contributed by atoms with E-state index >= 15 is 0 Å². The number of hydrogen-bond acceptors (Lipinski definition) is 3. The maximum absolute atomic E-state index is 12.5. The Morgan fingerprint density at radius 3 is 0.841 bits per heavy atom. The van der Waals surface area contributed by atoms with Gasteiger partial charge in [0.05, 0.1) is 18.8 Å². The first-order chi connectivity index (χ1) is 34.2. The number of nitrogens with one attached hydrogen (secondary N) is 1. The second kappa shape index (κ2) is 60.7. The van der Waals surface area contributed by atoms with Crippen molar-refractivity contribution >= 4 is 5.91 Å². The largest absolute Gasteiger partial charge is 0.394 e. The number of carbonyl (C=O) groups is 1. The second-order valence-corrected chi connectivity index (χ2v) is 21.5. The number of unbranched alkanes of at least 4 members (excludes halogenated alkanes) is 45. The minimum absolute atomic E-state index is 0.0725. The molecule has 2 atom stereocenters. The summed E-state index contributed by atoms with van der Waals surface area (Å²) in [5.41, 5.74) is 0. The van der Waals surface area contributed by atoms with Gasteiger partial charge < -0.3 is 15.5 Å².